The first-order chi connectivity index (χ1) is 3.80. The third-order valence-electron chi connectivity index (χ3n) is 0.782. The molecule has 1 unspecified atom stereocenters. The Hall–Kier alpha value is -0.930. The summed E-state index contributed by atoms with van der Waals surface area (Å²) in [6, 6.07) is 0. The fraction of sp³-hybridized carbons (Fsp3) is 0. The molecule has 1 amide bonds. The molecule has 41 valence electrons. The van der Waals surface area contributed by atoms with Crippen LogP contribution < -0.4 is 5.06 Å². The summed E-state index contributed by atoms with van der Waals surface area (Å²) in [6.45, 7) is 0. The maximum absolute atomic E-state index is 10.3. The Kier molecular flexibility index (Phi) is 1.24. The number of hydroxylamine groups is 2. The summed E-state index contributed by atoms with van der Waals surface area (Å²) in [5.41, 5.74) is 0. The van der Waals surface area contributed by atoms with Crippen molar-refractivity contribution in [2.45, 2.75) is 0 Å². The lowest BCUT2D eigenvalue weighted by molar-refractivity contribution is -0.715. The van der Waals surface area contributed by atoms with Crippen LogP contribution in [0.25, 0.3) is 0 Å². The average Bonchev–Trinajstić information content (AvgIpc) is 1.77. The molecule has 0 spiro atoms. The van der Waals surface area contributed by atoms with E-state index in [1.54, 1.807) is 0 Å². The van der Waals surface area contributed by atoms with Gasteiger partial charge >= 0.3 is 5.91 Å². The van der Waals surface area contributed by atoms with E-state index >= 15 is 0 Å². The number of hydrogen-bond acceptors (Lipinski definition) is 2. The second-order valence-corrected chi connectivity index (χ2v) is 1.36. The third kappa shape index (κ3) is 0.828. The number of hydrogen-bond donors (Lipinski definition) is 1. The molecule has 1 rings (SSSR count). The van der Waals surface area contributed by atoms with Crippen LogP contribution >= 0.6 is 0 Å². The fourth-order valence-electron chi connectivity index (χ4n) is 0.406. The Bertz CT molecular complexity index is 160. The largest absolute Gasteiger partial charge is 0.621 e. The molecule has 1 aliphatic heterocycles. The molecule has 3 nitrogen and oxygen atoms in total. The van der Waals surface area contributed by atoms with Crippen LogP contribution in [0, 0.1) is 11.4 Å². The van der Waals surface area contributed by atoms with Crippen molar-refractivity contribution in [3.63, 3.8) is 0 Å². The van der Waals surface area contributed by atoms with Crippen LogP contribution in [0.15, 0.2) is 18.2 Å². The highest BCUT2D eigenvalue weighted by Gasteiger charge is 2.05. The Labute approximate surface area is 46.5 Å². The van der Waals surface area contributed by atoms with E-state index in [9.17, 15) is 10.0 Å². The van der Waals surface area contributed by atoms with Crippen molar-refractivity contribution in [3.8, 4) is 0 Å². The second-order valence-electron chi connectivity index (χ2n) is 1.36. The SMILES string of the molecule is O=C1C=CC=[C][NH+]1[O-]. The van der Waals surface area contributed by atoms with Gasteiger partial charge in [-0.05, 0) is 6.08 Å². The zero-order chi connectivity index (χ0) is 5.98. The molecule has 1 heterocycles. The Morgan fingerprint density at radius 3 is 2.88 bits per heavy atom. The van der Waals surface area contributed by atoms with Gasteiger partial charge in [0.05, 0.1) is 0 Å². The lowest BCUT2D eigenvalue weighted by Crippen LogP contribution is -3.05. The van der Waals surface area contributed by atoms with Crippen molar-refractivity contribution in [1.82, 2.24) is 0 Å². The molecule has 1 radical (unpaired) electrons. The minimum absolute atomic E-state index is 0.493. The summed E-state index contributed by atoms with van der Waals surface area (Å²) in [5.74, 6) is -0.493. The first-order valence-corrected chi connectivity index (χ1v) is 2.15. The van der Waals surface area contributed by atoms with Crippen LogP contribution in [0.2, 0.25) is 0 Å². The van der Waals surface area contributed by atoms with Crippen molar-refractivity contribution in [2.24, 2.45) is 0 Å². The van der Waals surface area contributed by atoms with Gasteiger partial charge in [0.2, 0.25) is 6.20 Å². The molecule has 0 aromatic carbocycles. The summed E-state index contributed by atoms with van der Waals surface area (Å²) in [4.78, 5) is 10.3. The highest BCUT2D eigenvalue weighted by molar-refractivity contribution is 5.80. The van der Waals surface area contributed by atoms with E-state index in [4.69, 9.17) is 0 Å². The van der Waals surface area contributed by atoms with Gasteiger partial charge in [0.1, 0.15) is 0 Å². The minimum Gasteiger partial charge on any atom is -0.621 e. The quantitative estimate of drug-likeness (QED) is 0.397. The third-order valence-corrected chi connectivity index (χ3v) is 0.782. The summed E-state index contributed by atoms with van der Waals surface area (Å²) in [6.07, 6.45) is 6.36. The number of carbonyl (C=O) groups excluding carboxylic acids is 1. The monoisotopic (exact) mass is 110 g/mol. The second kappa shape index (κ2) is 1.90. The van der Waals surface area contributed by atoms with Gasteiger partial charge in [-0.3, -0.25) is 5.06 Å². The molecule has 8 heavy (non-hydrogen) atoms. The number of carbonyl (C=O) groups is 1. The van der Waals surface area contributed by atoms with Crippen LogP contribution in [0.5, 0.6) is 0 Å². The summed E-state index contributed by atoms with van der Waals surface area (Å²) < 4.78 is 0. The number of rotatable bonds is 0. The lowest BCUT2D eigenvalue weighted by atomic mass is 10.4. The van der Waals surface area contributed by atoms with Crippen LogP contribution in [0.4, 0.5) is 0 Å². The Morgan fingerprint density at radius 2 is 2.50 bits per heavy atom. The predicted molar refractivity (Wildman–Crippen MR) is 26.3 cm³/mol. The number of quaternary nitrogens is 1. The molecule has 0 saturated carbocycles. The zero-order valence-electron chi connectivity index (χ0n) is 4.05. The van der Waals surface area contributed by atoms with E-state index in [0.717, 1.165) is 0 Å². The van der Waals surface area contributed by atoms with Crippen LogP contribution in [0.1, 0.15) is 0 Å². The van der Waals surface area contributed by atoms with Gasteiger partial charge in [0.25, 0.3) is 0 Å². The first kappa shape index (κ1) is 5.21. The smallest absolute Gasteiger partial charge is 0.342 e. The molecule has 0 saturated heterocycles. The van der Waals surface area contributed by atoms with Crippen molar-refractivity contribution >= 4 is 5.91 Å². The van der Waals surface area contributed by atoms with Crippen molar-refractivity contribution in [3.05, 3.63) is 29.6 Å². The molecule has 3 heteroatoms. The lowest BCUT2D eigenvalue weighted by Gasteiger charge is -2.11. The predicted octanol–water partition coefficient (Wildman–Crippen LogP) is -1.22. The standard InChI is InChI=1S/C5H4NO2/c7-5-3-1-2-4-6(5)8/h1-3,6H. The summed E-state index contributed by atoms with van der Waals surface area (Å²) in [5, 5.41) is 9.69. The van der Waals surface area contributed by atoms with Gasteiger partial charge in [-0.15, -0.1) is 0 Å². The van der Waals surface area contributed by atoms with E-state index in [2.05, 4.69) is 6.20 Å². The number of amides is 1. The van der Waals surface area contributed by atoms with Gasteiger partial charge in [0.15, 0.2) is 0 Å². The fourth-order valence-corrected chi connectivity index (χ4v) is 0.406. The van der Waals surface area contributed by atoms with Gasteiger partial charge < -0.3 is 5.21 Å². The van der Waals surface area contributed by atoms with E-state index in [1.165, 1.54) is 18.2 Å². The van der Waals surface area contributed by atoms with Gasteiger partial charge in [0, 0.05) is 12.2 Å². The van der Waals surface area contributed by atoms with Crippen molar-refractivity contribution < 1.29 is 9.86 Å². The highest BCUT2D eigenvalue weighted by Crippen LogP contribution is 1.76. The minimum atomic E-state index is -0.562. The topological polar surface area (TPSA) is 44.6 Å². The highest BCUT2D eigenvalue weighted by atomic mass is 16.5. The maximum atomic E-state index is 10.3. The summed E-state index contributed by atoms with van der Waals surface area (Å²) >= 11 is 0. The molecular weight excluding hydrogens is 106 g/mol. The van der Waals surface area contributed by atoms with Gasteiger partial charge in [-0.1, -0.05) is 0 Å². The van der Waals surface area contributed by atoms with Crippen LogP contribution in [-0.4, -0.2) is 5.91 Å². The molecule has 1 aliphatic rings. The Morgan fingerprint density at radius 1 is 1.75 bits per heavy atom. The molecule has 0 aromatic rings. The van der Waals surface area contributed by atoms with Crippen molar-refractivity contribution in [2.75, 3.05) is 0 Å². The van der Waals surface area contributed by atoms with Gasteiger partial charge in [-0.2, -0.15) is 0 Å². The van der Waals surface area contributed by atoms with E-state index in [0.29, 0.717) is 0 Å². The van der Waals surface area contributed by atoms with Crippen LogP contribution in [-0.2, 0) is 4.79 Å². The van der Waals surface area contributed by atoms with E-state index in [-0.39, 0.29) is 0 Å². The first-order valence-electron chi connectivity index (χ1n) is 2.15. The Balaban J connectivity index is 2.74. The maximum Gasteiger partial charge on any atom is 0.342 e. The van der Waals surface area contributed by atoms with E-state index < -0.39 is 11.0 Å². The van der Waals surface area contributed by atoms with Gasteiger partial charge in [-0.25, -0.2) is 4.79 Å². The molecule has 0 aliphatic carbocycles. The summed E-state index contributed by atoms with van der Waals surface area (Å²) in [7, 11) is 0. The molecule has 1 N–H and O–H groups in total. The normalized spacial score (nSPS) is 26.6. The van der Waals surface area contributed by atoms with Crippen LogP contribution in [0.3, 0.4) is 0 Å². The van der Waals surface area contributed by atoms with Crippen molar-refractivity contribution in [1.29, 1.82) is 0 Å². The molecule has 0 aromatic heterocycles. The molecule has 0 fully saturated rings. The molecule has 0 bridgehead atoms. The number of nitrogens with one attached hydrogen (secondary N) is 1. The average molecular weight is 110 g/mol. The molecule has 1 atom stereocenters. The zero-order valence-corrected chi connectivity index (χ0v) is 4.05. The van der Waals surface area contributed by atoms with E-state index in [1.807, 2.05) is 0 Å². The number of allylic oxidation sites excluding steroid dienone is 2. The molecular formula is C5H4NO2.